The van der Waals surface area contributed by atoms with Crippen molar-refractivity contribution in [3.05, 3.63) is 0 Å². The van der Waals surface area contributed by atoms with Crippen molar-refractivity contribution in [2.45, 2.75) is 58.6 Å². The number of likely N-dealkylation sites (N-methyl/N-ethyl adjacent to an activating group) is 1. The van der Waals surface area contributed by atoms with Gasteiger partial charge in [0.15, 0.2) is 0 Å². The molecule has 6 nitrogen and oxygen atoms in total. The van der Waals surface area contributed by atoms with E-state index in [4.69, 9.17) is 9.84 Å². The van der Waals surface area contributed by atoms with Crippen LogP contribution in [0.5, 0.6) is 0 Å². The molecular formula is C17H32N2O4. The van der Waals surface area contributed by atoms with Gasteiger partial charge in [-0.15, -0.1) is 0 Å². The highest BCUT2D eigenvalue weighted by Gasteiger charge is 2.26. The van der Waals surface area contributed by atoms with Crippen molar-refractivity contribution in [1.29, 1.82) is 0 Å². The lowest BCUT2D eigenvalue weighted by molar-refractivity contribution is -0.143. The molecule has 6 heteroatoms. The molecule has 0 aromatic carbocycles. The second-order valence-corrected chi connectivity index (χ2v) is 6.91. The monoisotopic (exact) mass is 328 g/mol. The van der Waals surface area contributed by atoms with Gasteiger partial charge >= 0.3 is 5.97 Å². The van der Waals surface area contributed by atoms with Crippen molar-refractivity contribution < 1.29 is 19.4 Å². The highest BCUT2D eigenvalue weighted by atomic mass is 16.5. The van der Waals surface area contributed by atoms with E-state index < -0.39 is 12.1 Å². The van der Waals surface area contributed by atoms with Crippen LogP contribution in [0.2, 0.25) is 0 Å². The van der Waals surface area contributed by atoms with E-state index >= 15 is 0 Å². The van der Waals surface area contributed by atoms with Crippen LogP contribution in [0.4, 0.5) is 0 Å². The normalized spacial score (nSPS) is 20.6. The molecule has 134 valence electrons. The number of carboxylic acid groups (broad SMARTS) is 1. The van der Waals surface area contributed by atoms with Crippen molar-refractivity contribution in [3.63, 3.8) is 0 Å². The third kappa shape index (κ3) is 7.31. The molecule has 0 aromatic rings. The number of likely N-dealkylation sites (tertiary alicyclic amines) is 1. The van der Waals surface area contributed by atoms with Gasteiger partial charge < -0.3 is 14.7 Å². The van der Waals surface area contributed by atoms with E-state index in [1.54, 1.807) is 0 Å². The van der Waals surface area contributed by atoms with E-state index in [2.05, 4.69) is 13.8 Å². The summed E-state index contributed by atoms with van der Waals surface area (Å²) in [4.78, 5) is 27.0. The standard InChI is InChI=1S/C17H32N2O4/c1-13(2)8-11-23-14(3)17(22)19-9-5-6-15(7-10-19)18(4)12-16(20)21/h13-15H,5-12H2,1-4H3,(H,20,21). The Balaban J connectivity index is 2.43. The first kappa shape index (κ1) is 19.9. The maximum atomic E-state index is 12.5. The molecule has 2 unspecified atom stereocenters. The number of carbonyl (C=O) groups is 2. The predicted molar refractivity (Wildman–Crippen MR) is 89.4 cm³/mol. The molecule has 1 aliphatic heterocycles. The molecule has 1 fully saturated rings. The number of aliphatic carboxylic acids is 1. The summed E-state index contributed by atoms with van der Waals surface area (Å²) in [5, 5.41) is 8.90. The maximum absolute atomic E-state index is 12.5. The summed E-state index contributed by atoms with van der Waals surface area (Å²) in [6.45, 7) is 8.16. The summed E-state index contributed by atoms with van der Waals surface area (Å²) >= 11 is 0. The van der Waals surface area contributed by atoms with Gasteiger partial charge in [0.2, 0.25) is 0 Å². The Hall–Kier alpha value is -1.14. The third-order valence-electron chi connectivity index (χ3n) is 4.43. The molecule has 2 atom stereocenters. The molecule has 0 spiro atoms. The number of hydrogen-bond donors (Lipinski definition) is 1. The molecule has 0 radical (unpaired) electrons. The molecule has 23 heavy (non-hydrogen) atoms. The van der Waals surface area contributed by atoms with Crippen molar-refractivity contribution in [2.75, 3.05) is 33.3 Å². The number of nitrogens with zero attached hydrogens (tertiary/aromatic N) is 2. The number of hydrogen-bond acceptors (Lipinski definition) is 4. The molecule has 0 aliphatic carbocycles. The van der Waals surface area contributed by atoms with Crippen LogP contribution in [-0.4, -0.2) is 72.2 Å². The summed E-state index contributed by atoms with van der Waals surface area (Å²) in [7, 11) is 1.84. The van der Waals surface area contributed by atoms with Crippen molar-refractivity contribution in [3.8, 4) is 0 Å². The third-order valence-corrected chi connectivity index (χ3v) is 4.43. The molecule has 1 N–H and O–H groups in total. The molecule has 1 aliphatic rings. The molecule has 0 bridgehead atoms. The summed E-state index contributed by atoms with van der Waals surface area (Å²) in [6.07, 6.45) is 3.20. The second kappa shape index (κ2) is 9.88. The van der Waals surface area contributed by atoms with Crippen LogP contribution in [0.15, 0.2) is 0 Å². The quantitative estimate of drug-likeness (QED) is 0.736. The van der Waals surface area contributed by atoms with E-state index in [1.165, 1.54) is 0 Å². The van der Waals surface area contributed by atoms with Gasteiger partial charge in [-0.3, -0.25) is 14.5 Å². The van der Waals surface area contributed by atoms with E-state index in [0.717, 1.165) is 32.2 Å². The van der Waals surface area contributed by atoms with E-state index in [0.29, 0.717) is 19.1 Å². The summed E-state index contributed by atoms with van der Waals surface area (Å²) in [6, 6.07) is 0.223. The number of ether oxygens (including phenoxy) is 1. The highest BCUT2D eigenvalue weighted by Crippen LogP contribution is 2.17. The Morgan fingerprint density at radius 3 is 2.57 bits per heavy atom. The number of rotatable bonds is 8. The van der Waals surface area contributed by atoms with Crippen LogP contribution in [0.3, 0.4) is 0 Å². The Morgan fingerprint density at radius 1 is 1.26 bits per heavy atom. The first-order chi connectivity index (χ1) is 10.8. The van der Waals surface area contributed by atoms with Crippen LogP contribution in [0.1, 0.15) is 46.5 Å². The fourth-order valence-electron chi connectivity index (χ4n) is 2.89. The number of carboxylic acids is 1. The average Bonchev–Trinajstić information content (AvgIpc) is 2.71. The van der Waals surface area contributed by atoms with Gasteiger partial charge in [0.1, 0.15) is 6.10 Å². The van der Waals surface area contributed by atoms with Crippen molar-refractivity contribution in [2.24, 2.45) is 5.92 Å². The van der Waals surface area contributed by atoms with Gasteiger partial charge in [-0.2, -0.15) is 0 Å². The van der Waals surface area contributed by atoms with E-state index in [1.807, 2.05) is 23.8 Å². The van der Waals surface area contributed by atoms with Gasteiger partial charge in [0.05, 0.1) is 6.54 Å². The number of carbonyl (C=O) groups excluding carboxylic acids is 1. The van der Waals surface area contributed by atoms with Gasteiger partial charge in [0, 0.05) is 25.7 Å². The molecule has 1 rings (SSSR count). The summed E-state index contributed by atoms with van der Waals surface area (Å²) in [5.41, 5.74) is 0. The van der Waals surface area contributed by atoms with Gasteiger partial charge in [-0.1, -0.05) is 13.8 Å². The van der Waals surface area contributed by atoms with E-state index in [9.17, 15) is 9.59 Å². The van der Waals surface area contributed by atoms with Crippen LogP contribution in [0.25, 0.3) is 0 Å². The molecule has 1 saturated heterocycles. The minimum absolute atomic E-state index is 0.0489. The van der Waals surface area contributed by atoms with Gasteiger partial charge in [-0.05, 0) is 45.6 Å². The molecular weight excluding hydrogens is 296 g/mol. The summed E-state index contributed by atoms with van der Waals surface area (Å²) in [5.74, 6) is -0.187. The number of amides is 1. The zero-order valence-corrected chi connectivity index (χ0v) is 15.0. The van der Waals surface area contributed by atoms with Crippen LogP contribution in [-0.2, 0) is 14.3 Å². The molecule has 0 aromatic heterocycles. The lowest BCUT2D eigenvalue weighted by Crippen LogP contribution is -2.41. The van der Waals surface area contributed by atoms with Crippen molar-refractivity contribution in [1.82, 2.24) is 9.80 Å². The smallest absolute Gasteiger partial charge is 0.317 e. The molecule has 1 heterocycles. The predicted octanol–water partition coefficient (Wildman–Crippen LogP) is 1.84. The van der Waals surface area contributed by atoms with Gasteiger partial charge in [0.25, 0.3) is 5.91 Å². The minimum Gasteiger partial charge on any atom is -0.480 e. The lowest BCUT2D eigenvalue weighted by atomic mass is 10.1. The Bertz CT molecular complexity index is 387. The Labute approximate surface area is 139 Å². The van der Waals surface area contributed by atoms with Crippen LogP contribution in [0, 0.1) is 5.92 Å². The molecule has 1 amide bonds. The highest BCUT2D eigenvalue weighted by molar-refractivity contribution is 5.80. The van der Waals surface area contributed by atoms with Crippen LogP contribution < -0.4 is 0 Å². The average molecular weight is 328 g/mol. The fourth-order valence-corrected chi connectivity index (χ4v) is 2.89. The van der Waals surface area contributed by atoms with Crippen molar-refractivity contribution >= 4 is 11.9 Å². The van der Waals surface area contributed by atoms with Gasteiger partial charge in [-0.25, -0.2) is 0 Å². The Kier molecular flexibility index (Phi) is 8.55. The zero-order valence-electron chi connectivity index (χ0n) is 15.0. The molecule has 0 saturated carbocycles. The van der Waals surface area contributed by atoms with E-state index in [-0.39, 0.29) is 18.5 Å². The minimum atomic E-state index is -0.808. The summed E-state index contributed by atoms with van der Waals surface area (Å²) < 4.78 is 5.66. The zero-order chi connectivity index (χ0) is 17.4. The largest absolute Gasteiger partial charge is 0.480 e. The second-order valence-electron chi connectivity index (χ2n) is 6.91. The van der Waals surface area contributed by atoms with Crippen LogP contribution >= 0.6 is 0 Å². The SMILES string of the molecule is CC(C)CCOC(C)C(=O)N1CCCC(N(C)CC(=O)O)CC1. The maximum Gasteiger partial charge on any atom is 0.317 e. The topological polar surface area (TPSA) is 70.1 Å². The first-order valence-electron chi connectivity index (χ1n) is 8.63. The Morgan fingerprint density at radius 2 is 1.96 bits per heavy atom. The lowest BCUT2D eigenvalue weighted by Gasteiger charge is -2.26. The fraction of sp³-hybridized carbons (Fsp3) is 0.882. The first-order valence-corrected chi connectivity index (χ1v) is 8.63.